The summed E-state index contributed by atoms with van der Waals surface area (Å²) in [5.74, 6) is 2.17. The Kier molecular flexibility index (Phi) is 6.44. The molecule has 0 unspecified atom stereocenters. The highest BCUT2D eigenvalue weighted by Gasteiger charge is 2.26. The number of aromatic nitrogens is 3. The predicted molar refractivity (Wildman–Crippen MR) is 225 cm³/mol. The van der Waals surface area contributed by atoms with Crippen molar-refractivity contribution in [2.45, 2.75) is 33.1 Å². The lowest BCUT2D eigenvalue weighted by molar-refractivity contribution is 0.479. The summed E-state index contributed by atoms with van der Waals surface area (Å²) in [6.07, 6.45) is 2.01. The quantitative estimate of drug-likeness (QED) is 0.179. The first kappa shape index (κ1) is 29.0. The van der Waals surface area contributed by atoms with Crippen molar-refractivity contribution in [3.63, 3.8) is 0 Å². The standard InChI is InChI=1S/C48H41N5O/c1-31-19-21-39-40-29-49-47(28-46(40)52(44(39)23-31)33-13-7-6-8-14-33)53-41-16-10-9-15-37(41)38-22-20-35(27-45(38)53)54-36-25-32(48(2,3)4)24-34(26-36)51-30-50(5)42-17-11-12-18-43(42)51/h6-29H,30H2,1-5H3/i5D3. The van der Waals surface area contributed by atoms with Gasteiger partial charge in [-0.25, -0.2) is 4.98 Å². The molecule has 0 fully saturated rings. The first-order valence-corrected chi connectivity index (χ1v) is 18.4. The third kappa shape index (κ3) is 5.12. The van der Waals surface area contributed by atoms with Crippen molar-refractivity contribution in [1.82, 2.24) is 14.1 Å². The van der Waals surface area contributed by atoms with Gasteiger partial charge in [0.25, 0.3) is 0 Å². The molecule has 0 spiro atoms. The van der Waals surface area contributed by atoms with Crippen LogP contribution in [0, 0.1) is 6.92 Å². The van der Waals surface area contributed by atoms with E-state index in [1.165, 1.54) is 10.5 Å². The first-order valence-electron chi connectivity index (χ1n) is 19.9. The van der Waals surface area contributed by atoms with Crippen molar-refractivity contribution >= 4 is 60.7 Å². The molecular weight excluding hydrogens is 663 g/mol. The number of hydrogen-bond donors (Lipinski definition) is 0. The summed E-state index contributed by atoms with van der Waals surface area (Å²) in [6.45, 7) is 6.58. The van der Waals surface area contributed by atoms with Gasteiger partial charge in [0.1, 0.15) is 17.3 Å². The maximum absolute atomic E-state index is 8.25. The molecule has 1 aliphatic rings. The predicted octanol–water partition coefficient (Wildman–Crippen LogP) is 12.2. The fourth-order valence-electron chi connectivity index (χ4n) is 8.05. The van der Waals surface area contributed by atoms with E-state index in [4.69, 9.17) is 13.8 Å². The molecule has 0 radical (unpaired) electrons. The topological polar surface area (TPSA) is 38.5 Å². The number of rotatable bonds is 5. The van der Waals surface area contributed by atoms with Gasteiger partial charge < -0.3 is 19.1 Å². The Morgan fingerprint density at radius 1 is 0.593 bits per heavy atom. The van der Waals surface area contributed by atoms with Gasteiger partial charge in [0.2, 0.25) is 0 Å². The minimum Gasteiger partial charge on any atom is -0.457 e. The highest BCUT2D eigenvalue weighted by atomic mass is 16.5. The number of nitrogens with zero attached hydrogens (tertiary/aromatic N) is 5. The molecule has 0 saturated carbocycles. The second-order valence-electron chi connectivity index (χ2n) is 15.3. The van der Waals surface area contributed by atoms with Crippen LogP contribution in [0.2, 0.25) is 0 Å². The normalized spacial score (nSPS) is 14.2. The van der Waals surface area contributed by atoms with Crippen molar-refractivity contribution < 1.29 is 8.85 Å². The maximum atomic E-state index is 8.25. The fourth-order valence-corrected chi connectivity index (χ4v) is 8.05. The molecule has 54 heavy (non-hydrogen) atoms. The van der Waals surface area contributed by atoms with Crippen LogP contribution in [0.1, 0.15) is 36.0 Å². The molecule has 4 heterocycles. The lowest BCUT2D eigenvalue weighted by Gasteiger charge is -2.25. The van der Waals surface area contributed by atoms with Crippen molar-refractivity contribution in [3.05, 3.63) is 157 Å². The minimum atomic E-state index is -2.28. The SMILES string of the molecule is [2H]C([2H])([2H])N1CN(c2cc(Oc3ccc4c5ccccc5n(-c5cc6c(cn5)c5ccc(C)cc5n6-c5ccccc5)c4c3)cc(C(C)(C)C)c2)c2ccccc21. The molecule has 10 rings (SSSR count). The van der Waals surface area contributed by atoms with Gasteiger partial charge in [-0.3, -0.25) is 4.57 Å². The molecule has 0 saturated heterocycles. The zero-order chi connectivity index (χ0) is 39.2. The highest BCUT2D eigenvalue weighted by molar-refractivity contribution is 6.11. The molecular formula is C48H41N5O. The number of anilines is 3. The minimum absolute atomic E-state index is 0.196. The van der Waals surface area contributed by atoms with Gasteiger partial charge in [-0.15, -0.1) is 0 Å². The lowest BCUT2D eigenvalue weighted by atomic mass is 9.86. The van der Waals surface area contributed by atoms with Crippen LogP contribution in [-0.2, 0) is 5.41 Å². The van der Waals surface area contributed by atoms with Crippen molar-refractivity contribution in [2.75, 3.05) is 23.4 Å². The monoisotopic (exact) mass is 706 g/mol. The molecule has 0 atom stereocenters. The molecule has 0 N–H and O–H groups in total. The number of ether oxygens (including phenoxy) is 1. The van der Waals surface area contributed by atoms with Gasteiger partial charge in [-0.1, -0.05) is 81.4 Å². The van der Waals surface area contributed by atoms with E-state index in [1.807, 2.05) is 48.7 Å². The van der Waals surface area contributed by atoms with E-state index in [2.05, 4.69) is 139 Å². The Labute approximate surface area is 319 Å². The van der Waals surface area contributed by atoms with Crippen LogP contribution in [0.15, 0.2) is 146 Å². The van der Waals surface area contributed by atoms with Gasteiger partial charge in [-0.05, 0) is 84.1 Å². The molecule has 6 aromatic carbocycles. The Bertz CT molecular complexity index is 3030. The average molecular weight is 707 g/mol. The van der Waals surface area contributed by atoms with Gasteiger partial charge in [0.05, 0.1) is 40.1 Å². The Morgan fingerprint density at radius 3 is 2.13 bits per heavy atom. The smallest absolute Gasteiger partial charge is 0.139 e. The molecule has 6 heteroatoms. The van der Waals surface area contributed by atoms with Gasteiger partial charge in [-0.2, -0.15) is 0 Å². The third-order valence-corrected chi connectivity index (χ3v) is 10.7. The van der Waals surface area contributed by atoms with E-state index < -0.39 is 6.98 Å². The number of fused-ring (bicyclic) bond motifs is 7. The van der Waals surface area contributed by atoms with E-state index >= 15 is 0 Å². The van der Waals surface area contributed by atoms with E-state index in [0.29, 0.717) is 17.2 Å². The van der Waals surface area contributed by atoms with Crippen molar-refractivity contribution in [3.8, 4) is 23.0 Å². The Balaban J connectivity index is 1.12. The van der Waals surface area contributed by atoms with E-state index in [1.54, 1.807) is 0 Å². The fraction of sp³-hybridized carbons (Fsp3) is 0.146. The average Bonchev–Trinajstić information content (AvgIpc) is 3.85. The number of benzene rings is 6. The summed E-state index contributed by atoms with van der Waals surface area (Å²) in [7, 11) is 0. The largest absolute Gasteiger partial charge is 0.457 e. The van der Waals surface area contributed by atoms with Gasteiger partial charge in [0, 0.05) is 68.4 Å². The molecule has 1 aliphatic heterocycles. The van der Waals surface area contributed by atoms with Crippen LogP contribution in [0.3, 0.4) is 0 Å². The number of para-hydroxylation sites is 4. The van der Waals surface area contributed by atoms with E-state index in [-0.39, 0.29) is 12.1 Å². The van der Waals surface area contributed by atoms with Gasteiger partial charge >= 0.3 is 0 Å². The van der Waals surface area contributed by atoms with Gasteiger partial charge in [0.15, 0.2) is 0 Å². The zero-order valence-corrected chi connectivity index (χ0v) is 30.7. The summed E-state index contributed by atoms with van der Waals surface area (Å²) in [5, 5.41) is 4.49. The van der Waals surface area contributed by atoms with E-state index in [0.717, 1.165) is 72.1 Å². The van der Waals surface area contributed by atoms with Crippen LogP contribution >= 0.6 is 0 Å². The second kappa shape index (κ2) is 12.0. The number of hydrogen-bond acceptors (Lipinski definition) is 4. The van der Waals surface area contributed by atoms with Crippen LogP contribution in [0.5, 0.6) is 11.5 Å². The van der Waals surface area contributed by atoms with Crippen molar-refractivity contribution in [2.24, 2.45) is 0 Å². The highest BCUT2D eigenvalue weighted by Crippen LogP contribution is 2.43. The molecule has 9 aromatic rings. The second-order valence-corrected chi connectivity index (χ2v) is 15.3. The summed E-state index contributed by atoms with van der Waals surface area (Å²) in [5.41, 5.74) is 9.85. The molecule has 3 aromatic heterocycles. The van der Waals surface area contributed by atoms with Crippen LogP contribution < -0.4 is 14.5 Å². The summed E-state index contributed by atoms with van der Waals surface area (Å²) in [6, 6.07) is 47.9. The molecule has 264 valence electrons. The van der Waals surface area contributed by atoms with Crippen LogP contribution in [0.4, 0.5) is 17.1 Å². The number of pyridine rings is 1. The Hall–Kier alpha value is -6.53. The van der Waals surface area contributed by atoms with Crippen molar-refractivity contribution in [1.29, 1.82) is 0 Å². The van der Waals surface area contributed by atoms with Crippen LogP contribution in [-0.4, -0.2) is 27.8 Å². The van der Waals surface area contributed by atoms with E-state index in [9.17, 15) is 0 Å². The summed E-state index contributed by atoms with van der Waals surface area (Å²) >= 11 is 0. The summed E-state index contributed by atoms with van der Waals surface area (Å²) < 4.78 is 36.1. The van der Waals surface area contributed by atoms with Crippen LogP contribution in [0.25, 0.3) is 55.1 Å². The zero-order valence-electron chi connectivity index (χ0n) is 33.7. The number of aryl methyl sites for hydroxylation is 1. The molecule has 6 nitrogen and oxygen atoms in total. The maximum Gasteiger partial charge on any atom is 0.139 e. The molecule has 0 amide bonds. The first-order chi connectivity index (χ1) is 27.4. The third-order valence-electron chi connectivity index (χ3n) is 10.7. The summed E-state index contributed by atoms with van der Waals surface area (Å²) in [4.78, 5) is 8.67. The molecule has 0 bridgehead atoms. The molecule has 0 aliphatic carbocycles. The Morgan fingerprint density at radius 2 is 1.30 bits per heavy atom. The lowest BCUT2D eigenvalue weighted by Crippen LogP contribution is -2.24.